The largest absolute Gasteiger partial charge is 0.348 e. The molecule has 152 valence electrons. The van der Waals surface area contributed by atoms with E-state index in [9.17, 15) is 4.79 Å². The number of hydrogen-bond acceptors (Lipinski definition) is 5. The number of thioether (sulfide) groups is 1. The standard InChI is InChI=1S/C22H27N5OS/c1-15(2)17-10-12-18(13-11-17)21(16(3)4)23-20(28)14-29-22-24-25-26-27(22)19-8-6-5-7-9-19/h5-13,15-16,21H,14H2,1-4H3,(H,23,28)/t21-/m0/s1. The zero-order chi connectivity index (χ0) is 20.8. The van der Waals surface area contributed by atoms with Gasteiger partial charge in [-0.25, -0.2) is 0 Å². The summed E-state index contributed by atoms with van der Waals surface area (Å²) in [5, 5.41) is 15.6. The van der Waals surface area contributed by atoms with E-state index in [4.69, 9.17) is 0 Å². The molecule has 0 bridgehead atoms. The van der Waals surface area contributed by atoms with Crippen LogP contribution in [0.1, 0.15) is 50.8 Å². The van der Waals surface area contributed by atoms with Crippen molar-refractivity contribution in [2.24, 2.45) is 5.92 Å². The van der Waals surface area contributed by atoms with E-state index in [1.165, 1.54) is 17.3 Å². The van der Waals surface area contributed by atoms with Gasteiger partial charge < -0.3 is 5.32 Å². The van der Waals surface area contributed by atoms with E-state index in [0.717, 1.165) is 11.3 Å². The predicted molar refractivity (Wildman–Crippen MR) is 116 cm³/mol. The van der Waals surface area contributed by atoms with Gasteiger partial charge in [0.15, 0.2) is 0 Å². The fourth-order valence-corrected chi connectivity index (χ4v) is 3.77. The summed E-state index contributed by atoms with van der Waals surface area (Å²) in [4.78, 5) is 12.6. The molecule has 0 saturated heterocycles. The number of nitrogens with zero attached hydrogens (tertiary/aromatic N) is 4. The van der Waals surface area contributed by atoms with Crippen molar-refractivity contribution in [3.05, 3.63) is 65.7 Å². The SMILES string of the molecule is CC(C)c1ccc([C@@H](NC(=O)CSc2nnnn2-c2ccccc2)C(C)C)cc1. The Morgan fingerprint density at radius 2 is 1.66 bits per heavy atom. The molecule has 29 heavy (non-hydrogen) atoms. The van der Waals surface area contributed by atoms with E-state index < -0.39 is 0 Å². The van der Waals surface area contributed by atoms with Crippen LogP contribution in [0, 0.1) is 5.92 Å². The highest BCUT2D eigenvalue weighted by molar-refractivity contribution is 7.99. The van der Waals surface area contributed by atoms with E-state index in [1.54, 1.807) is 4.68 Å². The minimum absolute atomic E-state index is 0.0329. The molecule has 0 fully saturated rings. The van der Waals surface area contributed by atoms with E-state index in [-0.39, 0.29) is 23.6 Å². The maximum atomic E-state index is 12.6. The second kappa shape index (κ2) is 9.69. The van der Waals surface area contributed by atoms with Crippen molar-refractivity contribution < 1.29 is 4.79 Å². The maximum Gasteiger partial charge on any atom is 0.230 e. The molecule has 6 nitrogen and oxygen atoms in total. The van der Waals surface area contributed by atoms with Crippen LogP contribution in [0.15, 0.2) is 59.8 Å². The summed E-state index contributed by atoms with van der Waals surface area (Å²) in [5.74, 6) is 0.983. The number of rotatable bonds is 8. The van der Waals surface area contributed by atoms with Crippen LogP contribution >= 0.6 is 11.8 Å². The maximum absolute atomic E-state index is 12.6. The lowest BCUT2D eigenvalue weighted by Gasteiger charge is -2.23. The van der Waals surface area contributed by atoms with Gasteiger partial charge in [-0.15, -0.1) is 5.10 Å². The van der Waals surface area contributed by atoms with Crippen LogP contribution < -0.4 is 5.32 Å². The summed E-state index contributed by atoms with van der Waals surface area (Å²) in [5.41, 5.74) is 3.29. The van der Waals surface area contributed by atoms with Crippen LogP contribution in [0.3, 0.4) is 0 Å². The monoisotopic (exact) mass is 409 g/mol. The highest BCUT2D eigenvalue weighted by atomic mass is 32.2. The number of para-hydroxylation sites is 1. The first-order valence-electron chi connectivity index (χ1n) is 9.81. The number of carbonyl (C=O) groups excluding carboxylic acids is 1. The molecule has 1 N–H and O–H groups in total. The van der Waals surface area contributed by atoms with Crippen LogP contribution in [0.4, 0.5) is 0 Å². The third-order valence-corrected chi connectivity index (χ3v) is 5.64. The third-order valence-electron chi connectivity index (χ3n) is 4.72. The number of benzene rings is 2. The molecule has 0 aliphatic heterocycles. The van der Waals surface area contributed by atoms with Crippen molar-refractivity contribution in [1.82, 2.24) is 25.5 Å². The van der Waals surface area contributed by atoms with Crippen molar-refractivity contribution in [2.45, 2.75) is 44.8 Å². The molecule has 0 unspecified atom stereocenters. The van der Waals surface area contributed by atoms with Gasteiger partial charge in [-0.2, -0.15) is 4.68 Å². The Bertz CT molecular complexity index is 922. The lowest BCUT2D eigenvalue weighted by Crippen LogP contribution is -2.33. The second-order valence-electron chi connectivity index (χ2n) is 7.61. The van der Waals surface area contributed by atoms with E-state index in [1.807, 2.05) is 30.3 Å². The Hall–Kier alpha value is -2.67. The van der Waals surface area contributed by atoms with Crippen molar-refractivity contribution in [2.75, 3.05) is 5.75 Å². The molecule has 1 heterocycles. The normalized spacial score (nSPS) is 12.3. The highest BCUT2D eigenvalue weighted by Gasteiger charge is 2.19. The van der Waals surface area contributed by atoms with Gasteiger partial charge in [-0.05, 0) is 45.5 Å². The van der Waals surface area contributed by atoms with Crippen molar-refractivity contribution in [3.8, 4) is 5.69 Å². The van der Waals surface area contributed by atoms with Gasteiger partial charge in [-0.1, -0.05) is 81.9 Å². The summed E-state index contributed by atoms with van der Waals surface area (Å²) in [7, 11) is 0. The molecular weight excluding hydrogens is 382 g/mol. The molecule has 3 aromatic rings. The first-order valence-corrected chi connectivity index (χ1v) is 10.8. The number of carbonyl (C=O) groups is 1. The van der Waals surface area contributed by atoms with Gasteiger partial charge in [0.2, 0.25) is 11.1 Å². The molecule has 1 aromatic heterocycles. The lowest BCUT2D eigenvalue weighted by molar-refractivity contribution is -0.119. The van der Waals surface area contributed by atoms with Gasteiger partial charge in [0.1, 0.15) is 0 Å². The molecule has 3 rings (SSSR count). The Labute approximate surface area is 176 Å². The summed E-state index contributed by atoms with van der Waals surface area (Å²) in [6.45, 7) is 8.59. The predicted octanol–water partition coefficient (Wildman–Crippen LogP) is 4.39. The Morgan fingerprint density at radius 3 is 2.28 bits per heavy atom. The summed E-state index contributed by atoms with van der Waals surface area (Å²) >= 11 is 1.33. The van der Waals surface area contributed by atoms with E-state index in [0.29, 0.717) is 11.1 Å². The summed E-state index contributed by atoms with van der Waals surface area (Å²) in [6.07, 6.45) is 0. The average Bonchev–Trinajstić information content (AvgIpc) is 3.19. The molecule has 7 heteroatoms. The molecule has 0 saturated carbocycles. The molecule has 0 radical (unpaired) electrons. The Kier molecular flexibility index (Phi) is 7.04. The summed E-state index contributed by atoms with van der Waals surface area (Å²) < 4.78 is 1.64. The van der Waals surface area contributed by atoms with Crippen LogP contribution in [0.5, 0.6) is 0 Å². The quantitative estimate of drug-likeness (QED) is 0.559. The summed E-state index contributed by atoms with van der Waals surface area (Å²) in [6, 6.07) is 18.1. The fraction of sp³-hybridized carbons (Fsp3) is 0.364. The third kappa shape index (κ3) is 5.44. The van der Waals surface area contributed by atoms with Gasteiger partial charge in [-0.3, -0.25) is 4.79 Å². The zero-order valence-electron chi connectivity index (χ0n) is 17.2. The van der Waals surface area contributed by atoms with Gasteiger partial charge in [0, 0.05) is 0 Å². The average molecular weight is 410 g/mol. The number of hydrogen-bond donors (Lipinski definition) is 1. The topological polar surface area (TPSA) is 72.7 Å². The first-order chi connectivity index (χ1) is 14.0. The smallest absolute Gasteiger partial charge is 0.230 e. The fourth-order valence-electron chi connectivity index (χ4n) is 3.07. The number of nitrogens with one attached hydrogen (secondary N) is 1. The van der Waals surface area contributed by atoms with E-state index >= 15 is 0 Å². The number of tetrazole rings is 1. The molecule has 2 aromatic carbocycles. The van der Waals surface area contributed by atoms with Crippen molar-refractivity contribution in [1.29, 1.82) is 0 Å². The first kappa shape index (κ1) is 21.0. The Balaban J connectivity index is 1.64. The van der Waals surface area contributed by atoms with Gasteiger partial charge in [0.25, 0.3) is 0 Å². The van der Waals surface area contributed by atoms with Crippen molar-refractivity contribution >= 4 is 17.7 Å². The zero-order valence-corrected chi connectivity index (χ0v) is 18.1. The molecular formula is C22H27N5OS. The van der Waals surface area contributed by atoms with Crippen LogP contribution in [0.25, 0.3) is 5.69 Å². The molecule has 0 aliphatic carbocycles. The minimum Gasteiger partial charge on any atom is -0.348 e. The molecule has 0 aliphatic rings. The molecule has 0 spiro atoms. The minimum atomic E-state index is -0.0377. The van der Waals surface area contributed by atoms with Crippen molar-refractivity contribution in [3.63, 3.8) is 0 Å². The van der Waals surface area contributed by atoms with E-state index in [2.05, 4.69) is 72.8 Å². The van der Waals surface area contributed by atoms with Crippen LogP contribution in [0.2, 0.25) is 0 Å². The van der Waals surface area contributed by atoms with Gasteiger partial charge in [0.05, 0.1) is 17.5 Å². The molecule has 1 atom stereocenters. The Morgan fingerprint density at radius 1 is 1.00 bits per heavy atom. The number of amides is 1. The van der Waals surface area contributed by atoms with Gasteiger partial charge >= 0.3 is 0 Å². The molecule has 1 amide bonds. The second-order valence-corrected chi connectivity index (χ2v) is 8.55. The highest BCUT2D eigenvalue weighted by Crippen LogP contribution is 2.25. The van der Waals surface area contributed by atoms with Crippen LogP contribution in [-0.2, 0) is 4.79 Å². The van der Waals surface area contributed by atoms with Crippen LogP contribution in [-0.4, -0.2) is 31.9 Å². The number of aromatic nitrogens is 4. The lowest BCUT2D eigenvalue weighted by atomic mass is 9.93.